The molecular formula is C6H7NO3. The Labute approximate surface area is 57.4 Å². The summed E-state index contributed by atoms with van der Waals surface area (Å²) in [7, 11) is 0. The zero-order valence-corrected chi connectivity index (χ0v) is 5.28. The summed E-state index contributed by atoms with van der Waals surface area (Å²) in [5.74, 6) is 0.206. The molecule has 1 saturated carbocycles. The van der Waals surface area contributed by atoms with E-state index in [2.05, 4.69) is 0 Å². The van der Waals surface area contributed by atoms with Gasteiger partial charge in [0.1, 0.15) is 0 Å². The van der Waals surface area contributed by atoms with Crippen molar-refractivity contribution in [3.63, 3.8) is 0 Å². The molecule has 0 aromatic heterocycles. The van der Waals surface area contributed by atoms with E-state index in [9.17, 15) is 9.59 Å². The molecule has 2 atom stereocenters. The lowest BCUT2D eigenvalue weighted by Gasteiger charge is -2.09. The van der Waals surface area contributed by atoms with E-state index in [1.54, 1.807) is 0 Å². The first-order valence-corrected chi connectivity index (χ1v) is 3.24. The summed E-state index contributed by atoms with van der Waals surface area (Å²) < 4.78 is 0. The van der Waals surface area contributed by atoms with Crippen molar-refractivity contribution in [2.45, 2.75) is 6.42 Å². The van der Waals surface area contributed by atoms with Crippen molar-refractivity contribution in [1.29, 1.82) is 0 Å². The van der Waals surface area contributed by atoms with Crippen molar-refractivity contribution in [2.24, 2.45) is 11.8 Å². The van der Waals surface area contributed by atoms with E-state index in [0.717, 1.165) is 11.3 Å². The molecule has 1 heterocycles. The minimum Gasteiger partial charge on any atom is -0.465 e. The van der Waals surface area contributed by atoms with E-state index in [1.165, 1.54) is 0 Å². The van der Waals surface area contributed by atoms with Crippen LogP contribution in [-0.4, -0.2) is 28.6 Å². The van der Waals surface area contributed by atoms with Gasteiger partial charge in [-0.25, -0.2) is 9.69 Å². The molecule has 2 fully saturated rings. The Hall–Kier alpha value is -1.06. The standard InChI is InChI=1S/C6H7NO3/c8-5-4-1-3(4)2-7(5)6(9)10/h3-4H,1-2H2,(H,9,10). The predicted octanol–water partition coefficient (Wildman–Crippen LogP) is 0.143. The molecule has 2 rings (SSSR count). The summed E-state index contributed by atoms with van der Waals surface area (Å²) in [5, 5.41) is 8.43. The van der Waals surface area contributed by atoms with Gasteiger partial charge in [-0.15, -0.1) is 0 Å². The second-order valence-corrected chi connectivity index (χ2v) is 2.83. The molecule has 10 heavy (non-hydrogen) atoms. The second kappa shape index (κ2) is 1.51. The number of fused-ring (bicyclic) bond motifs is 1. The molecule has 2 amide bonds. The monoisotopic (exact) mass is 141 g/mol. The molecular weight excluding hydrogens is 134 g/mol. The molecule has 0 aromatic carbocycles. The Bertz CT molecular complexity index is 213. The molecule has 4 nitrogen and oxygen atoms in total. The summed E-state index contributed by atoms with van der Waals surface area (Å²) in [6.45, 7) is 0.429. The Morgan fingerprint density at radius 1 is 1.70 bits per heavy atom. The highest BCUT2D eigenvalue weighted by molar-refractivity contribution is 5.96. The van der Waals surface area contributed by atoms with Crippen molar-refractivity contribution in [3.8, 4) is 0 Å². The minimum absolute atomic E-state index is 0.0519. The van der Waals surface area contributed by atoms with Gasteiger partial charge >= 0.3 is 6.09 Å². The molecule has 0 aromatic rings. The van der Waals surface area contributed by atoms with E-state index >= 15 is 0 Å². The molecule has 0 spiro atoms. The third-order valence-electron chi connectivity index (χ3n) is 2.15. The lowest BCUT2D eigenvalue weighted by molar-refractivity contribution is -0.128. The van der Waals surface area contributed by atoms with Crippen LogP contribution in [0, 0.1) is 11.8 Å². The number of hydrogen-bond acceptors (Lipinski definition) is 2. The quantitative estimate of drug-likeness (QED) is 0.522. The van der Waals surface area contributed by atoms with Crippen LogP contribution >= 0.6 is 0 Å². The first kappa shape index (κ1) is 5.70. The SMILES string of the molecule is O=C(O)N1CC2CC2C1=O. The molecule has 2 aliphatic rings. The van der Waals surface area contributed by atoms with E-state index in [4.69, 9.17) is 5.11 Å². The van der Waals surface area contributed by atoms with Gasteiger partial charge in [0.25, 0.3) is 0 Å². The number of likely N-dealkylation sites (tertiary alicyclic amines) is 1. The highest BCUT2D eigenvalue weighted by Crippen LogP contribution is 2.45. The van der Waals surface area contributed by atoms with Crippen LogP contribution in [-0.2, 0) is 4.79 Å². The van der Waals surface area contributed by atoms with Gasteiger partial charge in [-0.05, 0) is 12.3 Å². The van der Waals surface area contributed by atoms with Crippen LogP contribution in [0.2, 0.25) is 0 Å². The van der Waals surface area contributed by atoms with E-state index in [0.29, 0.717) is 12.5 Å². The molecule has 0 bridgehead atoms. The maximum Gasteiger partial charge on any atom is 0.414 e. The Morgan fingerprint density at radius 2 is 2.40 bits per heavy atom. The van der Waals surface area contributed by atoms with Crippen LogP contribution in [0.5, 0.6) is 0 Å². The minimum atomic E-state index is -1.10. The lowest BCUT2D eigenvalue weighted by Crippen LogP contribution is -2.33. The molecule has 1 N–H and O–H groups in total. The number of carbonyl (C=O) groups excluding carboxylic acids is 1. The largest absolute Gasteiger partial charge is 0.465 e. The van der Waals surface area contributed by atoms with Gasteiger partial charge in [0.15, 0.2) is 0 Å². The second-order valence-electron chi connectivity index (χ2n) is 2.83. The molecule has 1 aliphatic carbocycles. The molecule has 4 heteroatoms. The fourth-order valence-electron chi connectivity index (χ4n) is 1.45. The normalized spacial score (nSPS) is 36.0. The average molecular weight is 141 g/mol. The van der Waals surface area contributed by atoms with Crippen molar-refractivity contribution < 1.29 is 14.7 Å². The number of nitrogens with zero attached hydrogens (tertiary/aromatic N) is 1. The highest BCUT2D eigenvalue weighted by Gasteiger charge is 2.54. The van der Waals surface area contributed by atoms with Crippen molar-refractivity contribution in [1.82, 2.24) is 4.90 Å². The van der Waals surface area contributed by atoms with E-state index in [1.807, 2.05) is 0 Å². The molecule has 1 aliphatic heterocycles. The Balaban J connectivity index is 2.14. The topological polar surface area (TPSA) is 57.6 Å². The van der Waals surface area contributed by atoms with Gasteiger partial charge in [0, 0.05) is 12.5 Å². The van der Waals surface area contributed by atoms with Gasteiger partial charge in [-0.2, -0.15) is 0 Å². The smallest absolute Gasteiger partial charge is 0.414 e. The zero-order chi connectivity index (χ0) is 7.30. The fraction of sp³-hybridized carbons (Fsp3) is 0.667. The Morgan fingerprint density at radius 3 is 2.70 bits per heavy atom. The van der Waals surface area contributed by atoms with Crippen LogP contribution in [0.4, 0.5) is 4.79 Å². The summed E-state index contributed by atoms with van der Waals surface area (Å²) in [6.07, 6.45) is -0.194. The number of carboxylic acid groups (broad SMARTS) is 1. The lowest BCUT2D eigenvalue weighted by atomic mass is 10.4. The van der Waals surface area contributed by atoms with Crippen LogP contribution in [0.1, 0.15) is 6.42 Å². The fourth-order valence-corrected chi connectivity index (χ4v) is 1.45. The molecule has 1 saturated heterocycles. The van der Waals surface area contributed by atoms with Gasteiger partial charge in [0.2, 0.25) is 5.91 Å². The van der Waals surface area contributed by atoms with Gasteiger partial charge in [0.05, 0.1) is 0 Å². The maximum atomic E-state index is 10.9. The molecule has 54 valence electrons. The summed E-state index contributed by atoms with van der Waals surface area (Å²) in [5.41, 5.74) is 0. The summed E-state index contributed by atoms with van der Waals surface area (Å²) in [6, 6.07) is 0. The number of amides is 2. The highest BCUT2D eigenvalue weighted by atomic mass is 16.4. The average Bonchev–Trinajstić information content (AvgIpc) is 2.54. The van der Waals surface area contributed by atoms with Gasteiger partial charge in [-0.3, -0.25) is 4.79 Å². The van der Waals surface area contributed by atoms with Crippen LogP contribution < -0.4 is 0 Å². The van der Waals surface area contributed by atoms with Gasteiger partial charge in [-0.1, -0.05) is 0 Å². The van der Waals surface area contributed by atoms with Crippen molar-refractivity contribution in [3.05, 3.63) is 0 Å². The maximum absolute atomic E-state index is 10.9. The number of carbonyl (C=O) groups is 2. The number of piperidine rings is 1. The number of imide groups is 1. The van der Waals surface area contributed by atoms with E-state index in [-0.39, 0.29) is 11.8 Å². The molecule has 2 unspecified atom stereocenters. The van der Waals surface area contributed by atoms with Crippen LogP contribution in [0.25, 0.3) is 0 Å². The third kappa shape index (κ3) is 0.558. The first-order valence-electron chi connectivity index (χ1n) is 3.24. The van der Waals surface area contributed by atoms with E-state index < -0.39 is 6.09 Å². The summed E-state index contributed by atoms with van der Waals surface area (Å²) in [4.78, 5) is 22.1. The Kier molecular flexibility index (Phi) is 0.859. The number of rotatable bonds is 0. The third-order valence-corrected chi connectivity index (χ3v) is 2.15. The van der Waals surface area contributed by atoms with Crippen molar-refractivity contribution >= 4 is 12.0 Å². The number of hydrogen-bond donors (Lipinski definition) is 1. The predicted molar refractivity (Wildman–Crippen MR) is 31.3 cm³/mol. The zero-order valence-electron chi connectivity index (χ0n) is 5.28. The molecule has 0 radical (unpaired) electrons. The van der Waals surface area contributed by atoms with Crippen LogP contribution in [0.15, 0.2) is 0 Å². The summed E-state index contributed by atoms with van der Waals surface area (Å²) >= 11 is 0. The van der Waals surface area contributed by atoms with Crippen molar-refractivity contribution in [2.75, 3.05) is 6.54 Å². The van der Waals surface area contributed by atoms with Gasteiger partial charge < -0.3 is 5.11 Å². The first-order chi connectivity index (χ1) is 4.70. The van der Waals surface area contributed by atoms with Crippen LogP contribution in [0.3, 0.4) is 0 Å².